The van der Waals surface area contributed by atoms with E-state index in [1.807, 2.05) is 40.8 Å². The van der Waals surface area contributed by atoms with Gasteiger partial charge in [-0.2, -0.15) is 0 Å². The number of amides is 1. The maximum Gasteiger partial charge on any atom is 0.306 e. The number of nitrogens with zero attached hydrogens (tertiary/aromatic N) is 3. The van der Waals surface area contributed by atoms with Crippen LogP contribution in [0.5, 0.6) is 0 Å². The Balaban J connectivity index is 1.26. The quantitative estimate of drug-likeness (QED) is 0.283. The van der Waals surface area contributed by atoms with Crippen molar-refractivity contribution in [2.75, 3.05) is 31.6 Å². The molecule has 46 heavy (non-hydrogen) atoms. The third kappa shape index (κ3) is 6.44. The van der Waals surface area contributed by atoms with E-state index in [9.17, 15) is 19.5 Å². The molecule has 1 atom stereocenters. The van der Waals surface area contributed by atoms with Crippen LogP contribution in [0.3, 0.4) is 0 Å². The second-order valence-electron chi connectivity index (χ2n) is 12.5. The number of likely N-dealkylation sites (tertiary alicyclic amines) is 1. The lowest BCUT2D eigenvalue weighted by atomic mass is 9.87. The normalized spacial score (nSPS) is 22.5. The van der Waals surface area contributed by atoms with Gasteiger partial charge in [-0.1, -0.05) is 29.8 Å². The van der Waals surface area contributed by atoms with Crippen molar-refractivity contribution >= 4 is 45.9 Å². The molecule has 1 unspecified atom stereocenters. The molecule has 246 valence electrons. The Bertz CT molecular complexity index is 1610. The summed E-state index contributed by atoms with van der Waals surface area (Å²) in [6, 6.07) is 10.0. The van der Waals surface area contributed by atoms with Gasteiger partial charge in [0, 0.05) is 50.2 Å². The van der Waals surface area contributed by atoms with Crippen LogP contribution in [-0.2, 0) is 32.6 Å². The molecule has 3 aromatic rings. The van der Waals surface area contributed by atoms with E-state index < -0.39 is 29.5 Å². The first kappa shape index (κ1) is 32.6. The molecule has 12 heteroatoms. The number of anilines is 1. The Morgan fingerprint density at radius 1 is 1.07 bits per heavy atom. The van der Waals surface area contributed by atoms with Crippen molar-refractivity contribution in [1.29, 1.82) is 0 Å². The number of ketones is 1. The summed E-state index contributed by atoms with van der Waals surface area (Å²) >= 11 is 6.60. The van der Waals surface area contributed by atoms with Gasteiger partial charge in [0.2, 0.25) is 5.78 Å². The van der Waals surface area contributed by atoms with E-state index >= 15 is 4.39 Å². The van der Waals surface area contributed by atoms with Crippen LogP contribution in [-0.4, -0.2) is 75.5 Å². The van der Waals surface area contributed by atoms with Gasteiger partial charge in [0.05, 0.1) is 34.9 Å². The minimum atomic E-state index is -1.59. The largest absolute Gasteiger partial charge is 0.481 e. The van der Waals surface area contributed by atoms with Crippen LogP contribution in [0.25, 0.3) is 10.9 Å². The average molecular weight is 655 g/mol. The first-order valence-corrected chi connectivity index (χ1v) is 16.5. The van der Waals surface area contributed by atoms with E-state index in [0.29, 0.717) is 57.5 Å². The van der Waals surface area contributed by atoms with E-state index in [4.69, 9.17) is 21.2 Å². The van der Waals surface area contributed by atoms with Crippen LogP contribution in [0.15, 0.2) is 42.6 Å². The smallest absolute Gasteiger partial charge is 0.306 e. The molecule has 0 spiro atoms. The first-order valence-electron chi connectivity index (χ1n) is 16.1. The number of carbonyl (C=O) groups is 3. The minimum Gasteiger partial charge on any atom is -0.481 e. The molecule has 3 aliphatic rings. The molecule has 1 aliphatic carbocycles. The van der Waals surface area contributed by atoms with Crippen molar-refractivity contribution in [2.45, 2.75) is 69.7 Å². The van der Waals surface area contributed by atoms with Gasteiger partial charge in [-0.25, -0.2) is 4.39 Å². The molecule has 3 heterocycles. The lowest BCUT2D eigenvalue weighted by molar-refractivity contribution is -0.361. The van der Waals surface area contributed by atoms with Gasteiger partial charge in [-0.05, 0) is 75.1 Å². The van der Waals surface area contributed by atoms with E-state index in [2.05, 4.69) is 5.32 Å². The summed E-state index contributed by atoms with van der Waals surface area (Å²) in [5, 5.41) is 14.7. The van der Waals surface area contributed by atoms with Crippen molar-refractivity contribution in [3.8, 4) is 0 Å². The number of carboxylic acids is 1. The fourth-order valence-electron chi connectivity index (χ4n) is 7.01. The summed E-state index contributed by atoms with van der Waals surface area (Å²) in [6.07, 6.45) is 6.37. The minimum absolute atomic E-state index is 0.0805. The van der Waals surface area contributed by atoms with Crippen molar-refractivity contribution in [3.05, 3.63) is 64.6 Å². The molecular weight excluding hydrogens is 615 g/mol. The third-order valence-electron chi connectivity index (χ3n) is 9.47. The van der Waals surface area contributed by atoms with Crippen LogP contribution in [0.4, 0.5) is 10.1 Å². The van der Waals surface area contributed by atoms with Gasteiger partial charge in [0.1, 0.15) is 5.82 Å². The fraction of sp³-hybridized carbons (Fsp3) is 0.500. The zero-order valence-corrected chi connectivity index (χ0v) is 26.7. The molecular formula is C34H40ClFN4O6. The summed E-state index contributed by atoms with van der Waals surface area (Å²) in [6.45, 7) is 2.12. The van der Waals surface area contributed by atoms with Crippen molar-refractivity contribution in [2.24, 2.45) is 13.0 Å². The molecule has 2 N–H and O–H groups in total. The van der Waals surface area contributed by atoms with Crippen molar-refractivity contribution < 1.29 is 33.5 Å². The molecule has 1 aromatic heterocycles. The number of carbonyl (C=O) groups excluding carboxylic acids is 2. The molecule has 2 aliphatic heterocycles. The number of nitrogens with one attached hydrogen (secondary N) is 1. The van der Waals surface area contributed by atoms with Crippen LogP contribution < -0.4 is 5.32 Å². The van der Waals surface area contributed by atoms with Crippen LogP contribution >= 0.6 is 11.6 Å². The second-order valence-corrected chi connectivity index (χ2v) is 12.9. The number of para-hydroxylation sites is 1. The van der Waals surface area contributed by atoms with Crippen molar-refractivity contribution in [1.82, 2.24) is 14.5 Å². The Hall–Kier alpha value is -3.35. The number of aromatic nitrogens is 1. The average Bonchev–Trinajstić information content (AvgIpc) is 3.72. The predicted molar refractivity (Wildman–Crippen MR) is 171 cm³/mol. The summed E-state index contributed by atoms with van der Waals surface area (Å²) in [5.74, 6) is -4.31. The number of hydroxylamine groups is 2. The molecule has 0 bridgehead atoms. The number of hydrogen-bond acceptors (Lipinski definition) is 7. The fourth-order valence-corrected chi connectivity index (χ4v) is 7.24. The van der Waals surface area contributed by atoms with E-state index in [0.717, 1.165) is 42.7 Å². The van der Waals surface area contributed by atoms with Gasteiger partial charge < -0.3 is 19.7 Å². The highest BCUT2D eigenvalue weighted by Gasteiger charge is 2.54. The van der Waals surface area contributed by atoms with Gasteiger partial charge in [-0.3, -0.25) is 24.1 Å². The Morgan fingerprint density at radius 2 is 1.78 bits per heavy atom. The zero-order chi connectivity index (χ0) is 32.4. The third-order valence-corrected chi connectivity index (χ3v) is 9.78. The highest BCUT2D eigenvalue weighted by atomic mass is 35.5. The predicted octanol–water partition coefficient (Wildman–Crippen LogP) is 5.77. The number of carboxylic acid groups (broad SMARTS) is 1. The molecule has 3 fully saturated rings. The summed E-state index contributed by atoms with van der Waals surface area (Å²) in [4.78, 5) is 47.4. The number of hydrogen-bond donors (Lipinski definition) is 2. The zero-order valence-electron chi connectivity index (χ0n) is 26.0. The molecule has 1 amide bonds. The van der Waals surface area contributed by atoms with E-state index in [1.54, 1.807) is 11.3 Å². The molecule has 2 saturated heterocycles. The van der Waals surface area contributed by atoms with Gasteiger partial charge in [0.25, 0.3) is 11.8 Å². The number of Topliss-reactive ketones (excluding diaryl/α,β-unsaturated/α-hetero) is 1. The number of ether oxygens (including phenoxy) is 1. The lowest BCUT2D eigenvalue weighted by Gasteiger charge is -2.49. The molecule has 6 rings (SSSR count). The Morgan fingerprint density at radius 3 is 2.48 bits per heavy atom. The topological polar surface area (TPSA) is 113 Å². The summed E-state index contributed by atoms with van der Waals surface area (Å²) in [7, 11) is 1.85. The molecule has 0 radical (unpaired) electrons. The lowest BCUT2D eigenvalue weighted by Crippen LogP contribution is -2.68. The summed E-state index contributed by atoms with van der Waals surface area (Å²) in [5.41, 5.74) is 1.50. The highest BCUT2D eigenvalue weighted by Crippen LogP contribution is 2.38. The first-order chi connectivity index (χ1) is 22.2. The Labute approximate surface area is 272 Å². The number of halogens is 2. The molecule has 2 aromatic carbocycles. The molecule has 10 nitrogen and oxygen atoms in total. The van der Waals surface area contributed by atoms with Gasteiger partial charge in [-0.15, -0.1) is 5.06 Å². The SMILES string of the molecule is Cn1cc(C(=O)Nc2cc(F)c(CC(=O)C(O[C@H]3CC[C@H](C(=O)O)CC3)(N3CCCC3)N3CCCCO3)cc2Cl)c2ccccc21. The number of benzene rings is 2. The van der Waals surface area contributed by atoms with Crippen LogP contribution in [0.2, 0.25) is 5.02 Å². The van der Waals surface area contributed by atoms with Crippen molar-refractivity contribution in [3.63, 3.8) is 0 Å². The Kier molecular flexibility index (Phi) is 9.77. The number of rotatable bonds is 10. The number of aliphatic carboxylic acids is 1. The maximum atomic E-state index is 15.8. The van der Waals surface area contributed by atoms with Crippen LogP contribution in [0, 0.1) is 11.7 Å². The maximum absolute atomic E-state index is 15.8. The number of aryl methyl sites for hydroxylation is 1. The standard InChI is InChI=1S/C34H40ClFN4O6/c1-38-21-26(25-8-2-3-9-30(25)38)32(42)37-29-20-28(36)23(18-27(29)35)19-31(41)34(39-14-4-5-15-39,40-16-6-7-17-45-40)46-24-12-10-22(11-13-24)33(43)44/h2-3,8-9,18,20-22,24H,4-7,10-17,19H2,1H3,(H,37,42)(H,43,44)/t22-,24-,34?. The second kappa shape index (κ2) is 13.8. The highest BCUT2D eigenvalue weighted by molar-refractivity contribution is 6.34. The van der Waals surface area contributed by atoms with E-state index in [1.165, 1.54) is 6.07 Å². The number of fused-ring (bicyclic) bond motifs is 1. The monoisotopic (exact) mass is 654 g/mol. The van der Waals surface area contributed by atoms with E-state index in [-0.39, 0.29) is 34.6 Å². The molecule has 1 saturated carbocycles. The van der Waals surface area contributed by atoms with Gasteiger partial charge >= 0.3 is 5.97 Å². The van der Waals surface area contributed by atoms with Gasteiger partial charge in [0.15, 0.2) is 0 Å². The van der Waals surface area contributed by atoms with Crippen LogP contribution in [0.1, 0.15) is 67.3 Å². The summed E-state index contributed by atoms with van der Waals surface area (Å²) < 4.78 is 24.4.